The lowest BCUT2D eigenvalue weighted by molar-refractivity contribution is 0.506. The molecule has 432 valence electrons. The highest BCUT2D eigenvalue weighted by molar-refractivity contribution is 4.65. The summed E-state index contributed by atoms with van der Waals surface area (Å²) >= 11 is 0. The summed E-state index contributed by atoms with van der Waals surface area (Å²) in [6.07, 6.45) is 104. The fourth-order valence-corrected chi connectivity index (χ4v) is 12.0. The standard InChI is InChI=1S/C72H144/c1-3-5-7-9-11-13-15-17-19-21-23-25-27-29-31-33-35-37-39-41-43-45-47-49-51-53-55-57-59-61-63-65-67-69-71-72-70-68-66-64-62-60-58-56-54-52-50-48-46-44-42-40-38-36-34-32-30-28-26-24-22-20-18-16-14-12-10-8-6-4-2/h3H,1,4-72H2,2H3. The topological polar surface area (TPSA) is 0 Å². The molecule has 0 saturated carbocycles. The van der Waals surface area contributed by atoms with E-state index < -0.39 is 0 Å². The van der Waals surface area contributed by atoms with Crippen LogP contribution >= 0.6 is 0 Å². The second kappa shape index (κ2) is 70.7. The predicted octanol–water partition coefficient (Wildman–Crippen LogP) is 28.1. The monoisotopic (exact) mass is 1010 g/mol. The Bertz CT molecular complexity index is 886. The van der Waals surface area contributed by atoms with Gasteiger partial charge in [-0.2, -0.15) is 0 Å². The Hall–Kier alpha value is -0.260. The van der Waals surface area contributed by atoms with Gasteiger partial charge in [-0.05, 0) is 12.8 Å². The summed E-state index contributed by atoms with van der Waals surface area (Å²) in [6.45, 7) is 6.14. The van der Waals surface area contributed by atoms with Gasteiger partial charge in [-0.3, -0.25) is 0 Å². The van der Waals surface area contributed by atoms with Crippen LogP contribution in [0.1, 0.15) is 450 Å². The van der Waals surface area contributed by atoms with Gasteiger partial charge in [0.05, 0.1) is 0 Å². The molecule has 0 aromatic heterocycles. The van der Waals surface area contributed by atoms with Crippen LogP contribution in [0.5, 0.6) is 0 Å². The molecule has 0 N–H and O–H groups in total. The lowest BCUT2D eigenvalue weighted by Gasteiger charge is -2.05. The minimum absolute atomic E-state index is 1.21. The minimum Gasteiger partial charge on any atom is -0.103 e. The largest absolute Gasteiger partial charge is 0.103 e. The lowest BCUT2D eigenvalue weighted by atomic mass is 10.0. The fraction of sp³-hybridized carbons (Fsp3) is 0.972. The van der Waals surface area contributed by atoms with Crippen LogP contribution in [-0.4, -0.2) is 0 Å². The second-order valence-electron chi connectivity index (χ2n) is 24.8. The van der Waals surface area contributed by atoms with Gasteiger partial charge in [0.15, 0.2) is 0 Å². The molecule has 0 spiro atoms. The first-order valence-corrected chi connectivity index (χ1v) is 35.5. The molecular weight excluding hydrogens is 865 g/mol. The molecule has 0 nitrogen and oxygen atoms in total. The molecule has 0 heterocycles. The summed E-state index contributed by atoms with van der Waals surface area (Å²) < 4.78 is 0. The molecular formula is C72H144. The molecule has 0 fully saturated rings. The number of rotatable bonds is 69. The van der Waals surface area contributed by atoms with E-state index in [1.165, 1.54) is 443 Å². The third kappa shape index (κ3) is 69.7. The van der Waals surface area contributed by atoms with Crippen molar-refractivity contribution in [2.75, 3.05) is 0 Å². The summed E-state index contributed by atoms with van der Waals surface area (Å²) in [5, 5.41) is 0. The van der Waals surface area contributed by atoms with Gasteiger partial charge in [-0.1, -0.05) is 443 Å². The first-order chi connectivity index (χ1) is 35.9. The van der Waals surface area contributed by atoms with E-state index >= 15 is 0 Å². The van der Waals surface area contributed by atoms with Crippen molar-refractivity contribution in [3.05, 3.63) is 12.7 Å². The van der Waals surface area contributed by atoms with Gasteiger partial charge in [0, 0.05) is 0 Å². The maximum absolute atomic E-state index is 3.82. The summed E-state index contributed by atoms with van der Waals surface area (Å²) in [5.41, 5.74) is 0. The molecule has 0 rings (SSSR count). The lowest BCUT2D eigenvalue weighted by Crippen LogP contribution is -1.85. The van der Waals surface area contributed by atoms with Gasteiger partial charge in [0.25, 0.3) is 0 Å². The summed E-state index contributed by atoms with van der Waals surface area (Å²) in [7, 11) is 0. The Labute approximate surface area is 460 Å². The van der Waals surface area contributed by atoms with Crippen molar-refractivity contribution in [3.63, 3.8) is 0 Å². The van der Waals surface area contributed by atoms with Gasteiger partial charge < -0.3 is 0 Å². The summed E-state index contributed by atoms with van der Waals surface area (Å²) in [6, 6.07) is 0. The molecule has 0 amide bonds. The van der Waals surface area contributed by atoms with Crippen LogP contribution in [0.4, 0.5) is 0 Å². The van der Waals surface area contributed by atoms with Crippen LogP contribution in [0.2, 0.25) is 0 Å². The second-order valence-corrected chi connectivity index (χ2v) is 24.8. The highest BCUT2D eigenvalue weighted by Crippen LogP contribution is 2.21. The smallest absolute Gasteiger partial charge is 0.0353 e. The molecule has 0 aliphatic heterocycles. The molecule has 0 heteroatoms. The molecule has 72 heavy (non-hydrogen) atoms. The quantitative estimate of drug-likeness (QED) is 0.0421. The van der Waals surface area contributed by atoms with Gasteiger partial charge in [0.1, 0.15) is 0 Å². The third-order valence-corrected chi connectivity index (χ3v) is 17.3. The van der Waals surface area contributed by atoms with Gasteiger partial charge in [-0.15, -0.1) is 6.58 Å². The Morgan fingerprint density at radius 2 is 0.222 bits per heavy atom. The van der Waals surface area contributed by atoms with Crippen molar-refractivity contribution in [1.82, 2.24) is 0 Å². The zero-order valence-corrected chi connectivity index (χ0v) is 51.1. The van der Waals surface area contributed by atoms with E-state index in [4.69, 9.17) is 0 Å². The molecule has 0 saturated heterocycles. The van der Waals surface area contributed by atoms with E-state index in [-0.39, 0.29) is 0 Å². The number of hydrogen-bond acceptors (Lipinski definition) is 0. The molecule has 0 aliphatic rings. The predicted molar refractivity (Wildman–Crippen MR) is 334 cm³/mol. The SMILES string of the molecule is C=CCCCCCCCCCCCCCCCCCCCCCCCCCCCCCCCCCCCCCCCCCCCCCCCCCCCCCCCCCCCCCCCCCCCCCC. The van der Waals surface area contributed by atoms with Crippen LogP contribution in [0.25, 0.3) is 0 Å². The highest BCUT2D eigenvalue weighted by Gasteiger charge is 2.01. The maximum Gasteiger partial charge on any atom is -0.0353 e. The normalized spacial score (nSPS) is 11.7. The van der Waals surface area contributed by atoms with E-state index in [0.29, 0.717) is 0 Å². The zero-order valence-electron chi connectivity index (χ0n) is 51.1. The fourth-order valence-electron chi connectivity index (χ4n) is 12.0. The zero-order chi connectivity index (χ0) is 51.5. The van der Waals surface area contributed by atoms with E-state index in [2.05, 4.69) is 19.6 Å². The first-order valence-electron chi connectivity index (χ1n) is 35.5. The van der Waals surface area contributed by atoms with Gasteiger partial charge >= 0.3 is 0 Å². The summed E-state index contributed by atoms with van der Waals surface area (Å²) in [5.74, 6) is 0. The Kier molecular flexibility index (Phi) is 70.5. The third-order valence-electron chi connectivity index (χ3n) is 17.3. The van der Waals surface area contributed by atoms with Crippen molar-refractivity contribution < 1.29 is 0 Å². The molecule has 0 aromatic rings. The van der Waals surface area contributed by atoms with Crippen molar-refractivity contribution in [1.29, 1.82) is 0 Å². The number of unbranched alkanes of at least 4 members (excludes halogenated alkanes) is 68. The van der Waals surface area contributed by atoms with E-state index in [0.717, 1.165) is 0 Å². The molecule has 0 atom stereocenters. The van der Waals surface area contributed by atoms with Crippen molar-refractivity contribution >= 4 is 0 Å². The van der Waals surface area contributed by atoms with Crippen LogP contribution in [0, 0.1) is 0 Å². The van der Waals surface area contributed by atoms with Gasteiger partial charge in [0.2, 0.25) is 0 Å². The average Bonchev–Trinajstić information content (AvgIpc) is 3.39. The molecule has 0 radical (unpaired) electrons. The van der Waals surface area contributed by atoms with Gasteiger partial charge in [-0.25, -0.2) is 0 Å². The average molecular weight is 1010 g/mol. The highest BCUT2D eigenvalue weighted by atomic mass is 14.1. The Morgan fingerprint density at radius 3 is 0.306 bits per heavy atom. The number of allylic oxidation sites excluding steroid dienone is 1. The first kappa shape index (κ1) is 71.7. The van der Waals surface area contributed by atoms with Crippen LogP contribution in [0.3, 0.4) is 0 Å². The Morgan fingerprint density at radius 1 is 0.139 bits per heavy atom. The van der Waals surface area contributed by atoms with Crippen molar-refractivity contribution in [2.45, 2.75) is 450 Å². The van der Waals surface area contributed by atoms with E-state index in [1.807, 2.05) is 0 Å². The van der Waals surface area contributed by atoms with Crippen LogP contribution in [-0.2, 0) is 0 Å². The minimum atomic E-state index is 1.21. The summed E-state index contributed by atoms with van der Waals surface area (Å²) in [4.78, 5) is 0. The van der Waals surface area contributed by atoms with Crippen LogP contribution < -0.4 is 0 Å². The van der Waals surface area contributed by atoms with E-state index in [1.54, 1.807) is 0 Å². The van der Waals surface area contributed by atoms with Crippen molar-refractivity contribution in [2.24, 2.45) is 0 Å². The Balaban J connectivity index is 3.07. The molecule has 0 aliphatic carbocycles. The van der Waals surface area contributed by atoms with E-state index in [9.17, 15) is 0 Å². The van der Waals surface area contributed by atoms with Crippen molar-refractivity contribution in [3.8, 4) is 0 Å². The molecule has 0 unspecified atom stereocenters. The maximum atomic E-state index is 3.82. The van der Waals surface area contributed by atoms with Crippen LogP contribution in [0.15, 0.2) is 12.7 Å². The molecule has 0 aromatic carbocycles. The molecule has 0 bridgehead atoms. The number of hydrogen-bond donors (Lipinski definition) is 0.